The maximum absolute atomic E-state index is 12.5. The van der Waals surface area contributed by atoms with Crippen molar-refractivity contribution < 1.29 is 4.79 Å². The Labute approximate surface area is 149 Å². The molecule has 1 aromatic heterocycles. The van der Waals surface area contributed by atoms with Crippen molar-refractivity contribution in [1.82, 2.24) is 20.2 Å². The highest BCUT2D eigenvalue weighted by Gasteiger charge is 2.31. The van der Waals surface area contributed by atoms with Crippen LogP contribution in [0.3, 0.4) is 0 Å². The van der Waals surface area contributed by atoms with Crippen molar-refractivity contribution in [3.05, 3.63) is 59.7 Å². The molecule has 1 aromatic carbocycles. The van der Waals surface area contributed by atoms with Crippen LogP contribution in [0, 0.1) is 12.8 Å². The fraction of sp³-hybridized carbons (Fsp3) is 0.450. The van der Waals surface area contributed by atoms with Gasteiger partial charge in [0.2, 0.25) is 0 Å². The van der Waals surface area contributed by atoms with Gasteiger partial charge in [0, 0.05) is 19.3 Å². The molecule has 0 unspecified atom stereocenters. The van der Waals surface area contributed by atoms with Crippen LogP contribution < -0.4 is 5.32 Å². The van der Waals surface area contributed by atoms with E-state index in [1.165, 1.54) is 5.56 Å². The summed E-state index contributed by atoms with van der Waals surface area (Å²) in [6, 6.07) is 12.5. The molecule has 1 aliphatic heterocycles. The van der Waals surface area contributed by atoms with Gasteiger partial charge >= 0.3 is 6.03 Å². The third-order valence-corrected chi connectivity index (χ3v) is 5.03. The zero-order chi connectivity index (χ0) is 17.6. The molecule has 0 bridgehead atoms. The van der Waals surface area contributed by atoms with Crippen molar-refractivity contribution in [3.63, 3.8) is 0 Å². The highest BCUT2D eigenvalue weighted by molar-refractivity contribution is 5.74. The maximum Gasteiger partial charge on any atom is 0.317 e. The number of rotatable bonds is 4. The summed E-state index contributed by atoms with van der Waals surface area (Å²) in [7, 11) is 0. The Morgan fingerprint density at radius 3 is 2.80 bits per heavy atom. The van der Waals surface area contributed by atoms with E-state index in [2.05, 4.69) is 52.5 Å². The number of nitrogens with zero attached hydrogens (tertiary/aromatic N) is 3. The number of urea groups is 1. The van der Waals surface area contributed by atoms with Crippen LogP contribution in [0.2, 0.25) is 0 Å². The number of piperidine rings is 1. The number of benzene rings is 1. The average Bonchev–Trinajstić information content (AvgIpc) is 2.66. The lowest BCUT2D eigenvalue weighted by atomic mass is 9.79. The number of nitrogens with one attached hydrogen (secondary N) is 1. The molecule has 5 nitrogen and oxygen atoms in total. The SMILES string of the molecule is CC[C@H]1CN(C(=O)NCc2ccnc(C)n2)CC[C@H]1c1ccccc1. The largest absolute Gasteiger partial charge is 0.332 e. The van der Waals surface area contributed by atoms with E-state index in [-0.39, 0.29) is 6.03 Å². The zero-order valence-corrected chi connectivity index (χ0v) is 15.0. The topological polar surface area (TPSA) is 58.1 Å². The van der Waals surface area contributed by atoms with E-state index in [4.69, 9.17) is 0 Å². The van der Waals surface area contributed by atoms with Crippen molar-refractivity contribution in [2.75, 3.05) is 13.1 Å². The molecule has 25 heavy (non-hydrogen) atoms. The van der Waals surface area contributed by atoms with E-state index in [1.54, 1.807) is 6.20 Å². The number of carbonyl (C=O) groups excluding carboxylic acids is 1. The molecule has 0 spiro atoms. The summed E-state index contributed by atoms with van der Waals surface area (Å²) in [5, 5.41) is 2.99. The van der Waals surface area contributed by atoms with E-state index < -0.39 is 0 Å². The van der Waals surface area contributed by atoms with E-state index in [0.29, 0.717) is 18.4 Å². The maximum atomic E-state index is 12.5. The molecule has 1 N–H and O–H groups in total. The Balaban J connectivity index is 1.58. The standard InChI is InChI=1S/C20H26N4O/c1-3-16-14-24(12-10-19(16)17-7-5-4-6-8-17)20(25)22-13-18-9-11-21-15(2)23-18/h4-9,11,16,19H,3,10,12-14H2,1-2H3,(H,22,25)/t16-,19+/m0/s1. The van der Waals surface area contributed by atoms with Gasteiger partial charge in [-0.15, -0.1) is 0 Å². The molecule has 0 radical (unpaired) electrons. The second-order valence-electron chi connectivity index (χ2n) is 6.67. The number of aromatic nitrogens is 2. The quantitative estimate of drug-likeness (QED) is 0.928. The molecule has 1 fully saturated rings. The minimum absolute atomic E-state index is 0.00114. The summed E-state index contributed by atoms with van der Waals surface area (Å²) in [5.74, 6) is 1.77. The van der Waals surface area contributed by atoms with Crippen LogP contribution in [-0.4, -0.2) is 34.0 Å². The summed E-state index contributed by atoms with van der Waals surface area (Å²) < 4.78 is 0. The van der Waals surface area contributed by atoms with Crippen molar-refractivity contribution in [2.24, 2.45) is 5.92 Å². The number of likely N-dealkylation sites (tertiary alicyclic amines) is 1. The molecule has 2 atom stereocenters. The lowest BCUT2D eigenvalue weighted by Gasteiger charge is -2.38. The lowest BCUT2D eigenvalue weighted by molar-refractivity contribution is 0.151. The number of amides is 2. The van der Waals surface area contributed by atoms with Crippen molar-refractivity contribution in [1.29, 1.82) is 0 Å². The molecule has 3 rings (SSSR count). The average molecular weight is 338 g/mol. The summed E-state index contributed by atoms with van der Waals surface area (Å²) in [6.07, 6.45) is 3.82. The lowest BCUT2D eigenvalue weighted by Crippen LogP contribution is -2.47. The molecular formula is C20H26N4O. The van der Waals surface area contributed by atoms with Gasteiger partial charge in [-0.1, -0.05) is 43.7 Å². The van der Waals surface area contributed by atoms with Crippen molar-refractivity contribution in [2.45, 2.75) is 39.2 Å². The Kier molecular flexibility index (Phi) is 5.64. The van der Waals surface area contributed by atoms with Gasteiger partial charge in [-0.05, 0) is 36.8 Å². The molecular weight excluding hydrogens is 312 g/mol. The normalized spacial score (nSPS) is 20.3. The Morgan fingerprint density at radius 2 is 2.08 bits per heavy atom. The smallest absolute Gasteiger partial charge is 0.317 e. The Bertz CT molecular complexity index is 704. The van der Waals surface area contributed by atoms with Gasteiger partial charge in [0.15, 0.2) is 0 Å². The van der Waals surface area contributed by atoms with Gasteiger partial charge in [-0.2, -0.15) is 0 Å². The van der Waals surface area contributed by atoms with Crippen LogP contribution in [0.5, 0.6) is 0 Å². The first kappa shape index (κ1) is 17.4. The fourth-order valence-corrected chi connectivity index (χ4v) is 3.65. The molecule has 2 heterocycles. The van der Waals surface area contributed by atoms with Gasteiger partial charge in [-0.25, -0.2) is 14.8 Å². The van der Waals surface area contributed by atoms with Crippen LogP contribution in [0.1, 0.15) is 42.8 Å². The molecule has 132 valence electrons. The first-order valence-electron chi connectivity index (χ1n) is 9.03. The summed E-state index contributed by atoms with van der Waals surface area (Å²) in [4.78, 5) is 22.9. The molecule has 2 amide bonds. The molecule has 0 saturated carbocycles. The molecule has 1 aliphatic rings. The van der Waals surface area contributed by atoms with E-state index in [0.717, 1.165) is 37.4 Å². The van der Waals surface area contributed by atoms with Gasteiger partial charge in [0.05, 0.1) is 12.2 Å². The summed E-state index contributed by atoms with van der Waals surface area (Å²) >= 11 is 0. The highest BCUT2D eigenvalue weighted by Crippen LogP contribution is 2.34. The number of carbonyl (C=O) groups is 1. The van der Waals surface area contributed by atoms with Crippen LogP contribution in [0.15, 0.2) is 42.6 Å². The second kappa shape index (κ2) is 8.10. The zero-order valence-electron chi connectivity index (χ0n) is 15.0. The van der Waals surface area contributed by atoms with Crippen LogP contribution >= 0.6 is 0 Å². The predicted molar refractivity (Wildman–Crippen MR) is 98.2 cm³/mol. The molecule has 2 aromatic rings. The van der Waals surface area contributed by atoms with Gasteiger partial charge in [-0.3, -0.25) is 0 Å². The van der Waals surface area contributed by atoms with Crippen molar-refractivity contribution in [3.8, 4) is 0 Å². The highest BCUT2D eigenvalue weighted by atomic mass is 16.2. The summed E-state index contributed by atoms with van der Waals surface area (Å²) in [6.45, 7) is 6.12. The van der Waals surface area contributed by atoms with Gasteiger partial charge < -0.3 is 10.2 Å². The van der Waals surface area contributed by atoms with Crippen molar-refractivity contribution >= 4 is 6.03 Å². The first-order chi connectivity index (χ1) is 12.2. The van der Waals surface area contributed by atoms with Gasteiger partial charge in [0.1, 0.15) is 5.82 Å². The summed E-state index contributed by atoms with van der Waals surface area (Å²) in [5.41, 5.74) is 2.23. The van der Waals surface area contributed by atoms with Gasteiger partial charge in [0.25, 0.3) is 0 Å². The number of hydrogen-bond donors (Lipinski definition) is 1. The van der Waals surface area contributed by atoms with Crippen LogP contribution in [-0.2, 0) is 6.54 Å². The predicted octanol–water partition coefficient (Wildman–Crippen LogP) is 3.51. The Morgan fingerprint density at radius 1 is 1.28 bits per heavy atom. The minimum Gasteiger partial charge on any atom is -0.332 e. The number of aryl methyl sites for hydroxylation is 1. The Hall–Kier alpha value is -2.43. The van der Waals surface area contributed by atoms with Crippen LogP contribution in [0.4, 0.5) is 4.79 Å². The minimum atomic E-state index is 0.00114. The molecule has 5 heteroatoms. The first-order valence-corrected chi connectivity index (χ1v) is 9.03. The van der Waals surface area contributed by atoms with E-state index in [1.807, 2.05) is 17.9 Å². The third kappa shape index (κ3) is 4.35. The van der Waals surface area contributed by atoms with E-state index >= 15 is 0 Å². The van der Waals surface area contributed by atoms with Crippen LogP contribution in [0.25, 0.3) is 0 Å². The van der Waals surface area contributed by atoms with E-state index in [9.17, 15) is 4.79 Å². The third-order valence-electron chi connectivity index (χ3n) is 5.03. The second-order valence-corrected chi connectivity index (χ2v) is 6.67. The monoisotopic (exact) mass is 338 g/mol. The fourth-order valence-electron chi connectivity index (χ4n) is 3.65. The molecule has 1 saturated heterocycles. The number of hydrogen-bond acceptors (Lipinski definition) is 3. The molecule has 0 aliphatic carbocycles.